The number of thiazole rings is 1. The summed E-state index contributed by atoms with van der Waals surface area (Å²) in [5.41, 5.74) is 2.11. The second kappa shape index (κ2) is 9.89. The lowest BCUT2D eigenvalue weighted by Gasteiger charge is -2.11. The normalized spacial score (nSPS) is 10.8. The maximum absolute atomic E-state index is 13.9. The average Bonchev–Trinajstić information content (AvgIpc) is 3.21. The van der Waals surface area contributed by atoms with Gasteiger partial charge in [0.25, 0.3) is 5.91 Å². The molecular weight excluding hydrogens is 407 g/mol. The number of allylic oxidation sites excluding steroid dienone is 1. The number of methoxy groups -OCH3 is 2. The van der Waals surface area contributed by atoms with E-state index in [1.165, 1.54) is 30.6 Å². The number of aromatic nitrogens is 1. The highest BCUT2D eigenvalue weighted by Gasteiger charge is 2.12. The fourth-order valence-electron chi connectivity index (χ4n) is 2.69. The zero-order chi connectivity index (χ0) is 21.5. The van der Waals surface area contributed by atoms with Gasteiger partial charge in [0.2, 0.25) is 0 Å². The summed E-state index contributed by atoms with van der Waals surface area (Å²) in [5, 5.41) is 4.81. The fourth-order valence-corrected chi connectivity index (χ4v) is 3.42. The number of halogens is 1. The van der Waals surface area contributed by atoms with Crippen molar-refractivity contribution in [2.24, 2.45) is 0 Å². The molecule has 1 N–H and O–H groups in total. The monoisotopic (exact) mass is 428 g/mol. The number of rotatable bonds is 8. The van der Waals surface area contributed by atoms with E-state index in [4.69, 9.17) is 14.2 Å². The Morgan fingerprint density at radius 2 is 1.90 bits per heavy atom. The molecule has 3 aromatic rings. The SMILES string of the molecule is C/C=C/c1ccc(OCC(=O)Nc2nc(-c3ccc(OC)c(F)c3)cs2)c(OC)c1. The summed E-state index contributed by atoms with van der Waals surface area (Å²) < 4.78 is 29.7. The van der Waals surface area contributed by atoms with Gasteiger partial charge in [-0.25, -0.2) is 9.37 Å². The van der Waals surface area contributed by atoms with Gasteiger partial charge in [-0.2, -0.15) is 0 Å². The lowest BCUT2D eigenvalue weighted by atomic mass is 10.1. The van der Waals surface area contributed by atoms with Crippen molar-refractivity contribution in [3.8, 4) is 28.5 Å². The molecule has 156 valence electrons. The third kappa shape index (κ3) is 5.15. The molecule has 1 aromatic heterocycles. The predicted molar refractivity (Wildman–Crippen MR) is 116 cm³/mol. The topological polar surface area (TPSA) is 69.7 Å². The van der Waals surface area contributed by atoms with Crippen LogP contribution in [0.4, 0.5) is 9.52 Å². The van der Waals surface area contributed by atoms with Crippen molar-refractivity contribution in [3.05, 3.63) is 59.2 Å². The number of anilines is 1. The molecule has 2 aromatic carbocycles. The molecule has 0 aliphatic rings. The van der Waals surface area contributed by atoms with Gasteiger partial charge >= 0.3 is 0 Å². The van der Waals surface area contributed by atoms with Crippen LogP contribution in [0.3, 0.4) is 0 Å². The third-order valence-corrected chi connectivity index (χ3v) is 4.86. The minimum absolute atomic E-state index is 0.161. The van der Waals surface area contributed by atoms with Crippen molar-refractivity contribution in [2.45, 2.75) is 6.92 Å². The minimum atomic E-state index is -0.476. The molecule has 3 rings (SSSR count). The van der Waals surface area contributed by atoms with E-state index in [9.17, 15) is 9.18 Å². The molecule has 0 fully saturated rings. The van der Waals surface area contributed by atoms with Gasteiger partial charge in [0, 0.05) is 10.9 Å². The summed E-state index contributed by atoms with van der Waals surface area (Å²) >= 11 is 1.24. The van der Waals surface area contributed by atoms with Crippen LogP contribution in [0.25, 0.3) is 17.3 Å². The third-order valence-electron chi connectivity index (χ3n) is 4.10. The Kier molecular flexibility index (Phi) is 7.03. The van der Waals surface area contributed by atoms with E-state index in [1.54, 1.807) is 24.6 Å². The standard InChI is InChI=1S/C22H21FN2O4S/c1-4-5-14-6-8-19(20(10-14)28-3)29-12-21(26)25-22-24-17(13-30-22)15-7-9-18(27-2)16(23)11-15/h4-11,13H,12H2,1-3H3,(H,24,25,26)/b5-4+. The summed E-state index contributed by atoms with van der Waals surface area (Å²) in [5.74, 6) is 0.326. The van der Waals surface area contributed by atoms with Gasteiger partial charge in [0.05, 0.1) is 19.9 Å². The predicted octanol–water partition coefficient (Wildman–Crippen LogP) is 5.02. The average molecular weight is 428 g/mol. The zero-order valence-corrected chi connectivity index (χ0v) is 17.6. The summed E-state index contributed by atoms with van der Waals surface area (Å²) in [6.45, 7) is 1.72. The number of nitrogens with one attached hydrogen (secondary N) is 1. The van der Waals surface area contributed by atoms with E-state index in [-0.39, 0.29) is 18.3 Å². The maximum Gasteiger partial charge on any atom is 0.264 e. The van der Waals surface area contributed by atoms with Crippen molar-refractivity contribution in [1.29, 1.82) is 0 Å². The summed E-state index contributed by atoms with van der Waals surface area (Å²) in [7, 11) is 2.95. The Morgan fingerprint density at radius 1 is 1.13 bits per heavy atom. The first-order chi connectivity index (χ1) is 14.5. The molecule has 0 radical (unpaired) electrons. The Bertz CT molecular complexity index is 1070. The number of ether oxygens (including phenoxy) is 3. The van der Waals surface area contributed by atoms with Crippen LogP contribution in [0.15, 0.2) is 47.9 Å². The summed E-state index contributed by atoms with van der Waals surface area (Å²) in [6, 6.07) is 10.0. The Labute approximate surface area is 177 Å². The van der Waals surface area contributed by atoms with Gasteiger partial charge in [-0.3, -0.25) is 10.1 Å². The van der Waals surface area contributed by atoms with Gasteiger partial charge in [0.1, 0.15) is 0 Å². The number of hydrogen-bond donors (Lipinski definition) is 1. The van der Waals surface area contributed by atoms with E-state index in [0.717, 1.165) is 5.56 Å². The summed E-state index contributed by atoms with van der Waals surface area (Å²) in [6.07, 6.45) is 3.86. The first-order valence-corrected chi connectivity index (χ1v) is 9.94. The van der Waals surface area contributed by atoms with Crippen molar-refractivity contribution in [1.82, 2.24) is 4.98 Å². The second-order valence-electron chi connectivity index (χ2n) is 6.13. The van der Waals surface area contributed by atoms with Gasteiger partial charge in [-0.15, -0.1) is 11.3 Å². The molecule has 0 saturated carbocycles. The molecule has 0 spiro atoms. The van der Waals surface area contributed by atoms with E-state index < -0.39 is 5.82 Å². The highest BCUT2D eigenvalue weighted by atomic mass is 32.1. The van der Waals surface area contributed by atoms with Crippen LogP contribution in [0, 0.1) is 5.82 Å². The molecule has 0 bridgehead atoms. The molecule has 8 heteroatoms. The maximum atomic E-state index is 13.9. The molecule has 0 atom stereocenters. The van der Waals surface area contributed by atoms with Crippen LogP contribution in [0.2, 0.25) is 0 Å². The largest absolute Gasteiger partial charge is 0.494 e. The number of hydrogen-bond acceptors (Lipinski definition) is 6. The van der Waals surface area contributed by atoms with E-state index in [0.29, 0.717) is 27.9 Å². The molecule has 0 unspecified atom stereocenters. The van der Waals surface area contributed by atoms with Gasteiger partial charge in [-0.1, -0.05) is 18.2 Å². The van der Waals surface area contributed by atoms with Crippen LogP contribution < -0.4 is 19.5 Å². The Balaban J connectivity index is 1.62. The van der Waals surface area contributed by atoms with Crippen molar-refractivity contribution in [2.75, 3.05) is 26.1 Å². The zero-order valence-electron chi connectivity index (χ0n) is 16.8. The van der Waals surface area contributed by atoms with Crippen molar-refractivity contribution in [3.63, 3.8) is 0 Å². The first-order valence-electron chi connectivity index (χ1n) is 9.07. The van der Waals surface area contributed by atoms with Crippen LogP contribution in [0.5, 0.6) is 17.2 Å². The molecule has 30 heavy (non-hydrogen) atoms. The number of nitrogens with zero attached hydrogens (tertiary/aromatic N) is 1. The van der Waals surface area contributed by atoms with Gasteiger partial charge in [-0.05, 0) is 42.8 Å². The molecule has 0 aliphatic carbocycles. The van der Waals surface area contributed by atoms with E-state index in [1.807, 2.05) is 31.2 Å². The van der Waals surface area contributed by atoms with Crippen LogP contribution in [-0.4, -0.2) is 31.7 Å². The first kappa shape index (κ1) is 21.3. The van der Waals surface area contributed by atoms with Crippen LogP contribution in [0.1, 0.15) is 12.5 Å². The Hall–Kier alpha value is -3.39. The van der Waals surface area contributed by atoms with Gasteiger partial charge in [0.15, 0.2) is 34.8 Å². The number of amides is 1. The fraction of sp³-hybridized carbons (Fsp3) is 0.182. The summed E-state index contributed by atoms with van der Waals surface area (Å²) in [4.78, 5) is 16.6. The highest BCUT2D eigenvalue weighted by molar-refractivity contribution is 7.14. The van der Waals surface area contributed by atoms with E-state index in [2.05, 4.69) is 10.3 Å². The lowest BCUT2D eigenvalue weighted by molar-refractivity contribution is -0.118. The molecule has 1 heterocycles. The molecule has 0 saturated heterocycles. The molecule has 1 amide bonds. The second-order valence-corrected chi connectivity index (χ2v) is 6.99. The van der Waals surface area contributed by atoms with E-state index >= 15 is 0 Å². The smallest absolute Gasteiger partial charge is 0.264 e. The van der Waals surface area contributed by atoms with Crippen LogP contribution in [-0.2, 0) is 4.79 Å². The Morgan fingerprint density at radius 3 is 2.60 bits per heavy atom. The van der Waals surface area contributed by atoms with Crippen molar-refractivity contribution < 1.29 is 23.4 Å². The minimum Gasteiger partial charge on any atom is -0.494 e. The van der Waals surface area contributed by atoms with Crippen LogP contribution >= 0.6 is 11.3 Å². The lowest BCUT2D eigenvalue weighted by Crippen LogP contribution is -2.20. The number of benzene rings is 2. The highest BCUT2D eigenvalue weighted by Crippen LogP contribution is 2.30. The molecule has 0 aliphatic heterocycles. The van der Waals surface area contributed by atoms with Crippen molar-refractivity contribution >= 4 is 28.5 Å². The van der Waals surface area contributed by atoms with Gasteiger partial charge < -0.3 is 14.2 Å². The number of carbonyl (C=O) groups is 1. The molecular formula is C22H21FN2O4S. The molecule has 6 nitrogen and oxygen atoms in total. The number of carbonyl (C=O) groups excluding carboxylic acids is 1. The quantitative estimate of drug-likeness (QED) is 0.546.